The Labute approximate surface area is 109 Å². The van der Waals surface area contributed by atoms with Crippen molar-refractivity contribution in [2.45, 2.75) is 33.0 Å². The van der Waals surface area contributed by atoms with E-state index in [1.165, 1.54) is 10.9 Å². The predicted molar refractivity (Wildman–Crippen MR) is 65.0 cm³/mol. The van der Waals surface area contributed by atoms with Crippen molar-refractivity contribution >= 4 is 5.97 Å². The van der Waals surface area contributed by atoms with Crippen LogP contribution in [0.3, 0.4) is 0 Å². The number of carboxylic acid groups (broad SMARTS) is 1. The number of carboxylic acids is 1. The Morgan fingerprint density at radius 1 is 1.37 bits per heavy atom. The van der Waals surface area contributed by atoms with Crippen LogP contribution < -0.4 is 4.74 Å². The van der Waals surface area contributed by atoms with Crippen LogP contribution in [0.25, 0.3) is 0 Å². The van der Waals surface area contributed by atoms with Gasteiger partial charge in [0.25, 0.3) is 0 Å². The lowest BCUT2D eigenvalue weighted by Gasteiger charge is -2.05. The molecule has 0 aliphatic heterocycles. The van der Waals surface area contributed by atoms with Gasteiger partial charge < -0.3 is 9.84 Å². The molecule has 2 aromatic rings. The van der Waals surface area contributed by atoms with Gasteiger partial charge in [-0.3, -0.25) is 4.68 Å². The minimum Gasteiger partial charge on any atom is -0.488 e. The number of aromatic nitrogens is 5. The molecule has 1 N–H and O–H groups in total. The van der Waals surface area contributed by atoms with Gasteiger partial charge in [-0.25, -0.2) is 9.48 Å². The van der Waals surface area contributed by atoms with Crippen LogP contribution in [0.5, 0.6) is 5.75 Å². The summed E-state index contributed by atoms with van der Waals surface area (Å²) in [6.07, 6.45) is 4.92. The lowest BCUT2D eigenvalue weighted by atomic mass is 10.5. The van der Waals surface area contributed by atoms with Crippen LogP contribution in [0.4, 0.5) is 0 Å². The molecule has 0 saturated carbocycles. The molecule has 0 radical (unpaired) electrons. The summed E-state index contributed by atoms with van der Waals surface area (Å²) in [6.45, 7) is 4.94. The zero-order chi connectivity index (χ0) is 13.8. The number of hydrogen-bond acceptors (Lipinski definition) is 5. The van der Waals surface area contributed by atoms with Gasteiger partial charge in [0, 0.05) is 0 Å². The molecule has 0 spiro atoms. The van der Waals surface area contributed by atoms with Crippen LogP contribution in [0.2, 0.25) is 0 Å². The summed E-state index contributed by atoms with van der Waals surface area (Å²) in [7, 11) is 0. The van der Waals surface area contributed by atoms with E-state index in [0.29, 0.717) is 18.8 Å². The summed E-state index contributed by atoms with van der Waals surface area (Å²) < 4.78 is 8.66. The van der Waals surface area contributed by atoms with E-state index in [1.807, 2.05) is 13.8 Å². The minimum absolute atomic E-state index is 0.0655. The molecule has 2 aromatic heterocycles. The number of ether oxygens (including phenoxy) is 1. The summed E-state index contributed by atoms with van der Waals surface area (Å²) >= 11 is 0. The Kier molecular flexibility index (Phi) is 3.79. The second-order valence-corrected chi connectivity index (χ2v) is 4.28. The van der Waals surface area contributed by atoms with E-state index in [2.05, 4.69) is 15.4 Å². The van der Waals surface area contributed by atoms with Crippen molar-refractivity contribution in [1.29, 1.82) is 0 Å². The fourth-order valence-electron chi connectivity index (χ4n) is 1.51. The van der Waals surface area contributed by atoms with Crippen LogP contribution in [0.15, 0.2) is 18.6 Å². The standard InChI is InChI=1S/C11H15N5O3/c1-8(2)19-9-5-12-15(6-9)3-4-16-7-10(11(17)18)13-14-16/h5-8H,3-4H2,1-2H3,(H,17,18). The highest BCUT2D eigenvalue weighted by Crippen LogP contribution is 2.10. The molecule has 8 nitrogen and oxygen atoms in total. The summed E-state index contributed by atoms with van der Waals surface area (Å²) in [5.74, 6) is -0.377. The third-order valence-electron chi connectivity index (χ3n) is 2.30. The molecular formula is C11H15N5O3. The van der Waals surface area contributed by atoms with Crippen molar-refractivity contribution in [1.82, 2.24) is 24.8 Å². The molecule has 0 unspecified atom stereocenters. The first-order chi connectivity index (χ1) is 9.04. The third kappa shape index (κ3) is 3.54. The van der Waals surface area contributed by atoms with E-state index >= 15 is 0 Å². The molecule has 102 valence electrons. The SMILES string of the molecule is CC(C)Oc1cnn(CCn2cc(C(=O)O)nn2)c1. The van der Waals surface area contributed by atoms with Crippen LogP contribution in [0, 0.1) is 0 Å². The van der Waals surface area contributed by atoms with Crippen molar-refractivity contribution in [2.75, 3.05) is 0 Å². The summed E-state index contributed by atoms with van der Waals surface area (Å²) in [5, 5.41) is 20.1. The molecule has 0 amide bonds. The fourth-order valence-corrected chi connectivity index (χ4v) is 1.51. The number of carbonyl (C=O) groups is 1. The highest BCUT2D eigenvalue weighted by Gasteiger charge is 2.08. The van der Waals surface area contributed by atoms with Crippen molar-refractivity contribution in [3.8, 4) is 5.75 Å². The normalized spacial score (nSPS) is 10.9. The highest BCUT2D eigenvalue weighted by molar-refractivity contribution is 5.84. The van der Waals surface area contributed by atoms with Crippen molar-refractivity contribution in [3.63, 3.8) is 0 Å². The van der Waals surface area contributed by atoms with Gasteiger partial charge in [-0.1, -0.05) is 5.21 Å². The zero-order valence-corrected chi connectivity index (χ0v) is 10.7. The summed E-state index contributed by atoms with van der Waals surface area (Å²) in [5.41, 5.74) is -0.0655. The predicted octanol–water partition coefficient (Wildman–Crippen LogP) is 0.660. The average molecular weight is 265 g/mol. The topological polar surface area (TPSA) is 95.1 Å². The van der Waals surface area contributed by atoms with Gasteiger partial charge in [0.05, 0.1) is 37.8 Å². The first-order valence-corrected chi connectivity index (χ1v) is 5.87. The Balaban J connectivity index is 1.90. The molecule has 2 heterocycles. The second kappa shape index (κ2) is 5.51. The van der Waals surface area contributed by atoms with E-state index < -0.39 is 5.97 Å². The van der Waals surface area contributed by atoms with Gasteiger partial charge in [0.15, 0.2) is 11.4 Å². The van der Waals surface area contributed by atoms with Crippen LogP contribution in [-0.4, -0.2) is 42.0 Å². The lowest BCUT2D eigenvalue weighted by molar-refractivity contribution is 0.0690. The molecule has 0 fully saturated rings. The highest BCUT2D eigenvalue weighted by atomic mass is 16.5. The lowest BCUT2D eigenvalue weighted by Crippen LogP contribution is -2.08. The van der Waals surface area contributed by atoms with E-state index in [-0.39, 0.29) is 11.8 Å². The molecule has 0 atom stereocenters. The molecule has 0 aliphatic carbocycles. The quantitative estimate of drug-likeness (QED) is 0.824. The molecule has 0 aromatic carbocycles. The Bertz CT molecular complexity index is 560. The maximum absolute atomic E-state index is 10.6. The van der Waals surface area contributed by atoms with Gasteiger partial charge in [-0.2, -0.15) is 5.10 Å². The molecular weight excluding hydrogens is 250 g/mol. The number of rotatable bonds is 6. The second-order valence-electron chi connectivity index (χ2n) is 4.28. The third-order valence-corrected chi connectivity index (χ3v) is 2.30. The van der Waals surface area contributed by atoms with Gasteiger partial charge in [0.1, 0.15) is 0 Å². The Morgan fingerprint density at radius 3 is 2.74 bits per heavy atom. The first kappa shape index (κ1) is 13.1. The number of nitrogens with zero attached hydrogens (tertiary/aromatic N) is 5. The largest absolute Gasteiger partial charge is 0.488 e. The molecule has 0 bridgehead atoms. The summed E-state index contributed by atoms with van der Waals surface area (Å²) in [4.78, 5) is 10.6. The van der Waals surface area contributed by atoms with Crippen molar-refractivity contribution in [2.24, 2.45) is 0 Å². The van der Waals surface area contributed by atoms with Crippen molar-refractivity contribution < 1.29 is 14.6 Å². The van der Waals surface area contributed by atoms with Gasteiger partial charge >= 0.3 is 5.97 Å². The average Bonchev–Trinajstić information content (AvgIpc) is 2.94. The van der Waals surface area contributed by atoms with Crippen molar-refractivity contribution in [3.05, 3.63) is 24.3 Å². The number of aryl methyl sites for hydroxylation is 2. The molecule has 2 rings (SSSR count). The Morgan fingerprint density at radius 2 is 2.11 bits per heavy atom. The molecule has 19 heavy (non-hydrogen) atoms. The van der Waals surface area contributed by atoms with Crippen LogP contribution in [-0.2, 0) is 13.1 Å². The van der Waals surface area contributed by atoms with E-state index in [9.17, 15) is 4.79 Å². The summed E-state index contributed by atoms with van der Waals surface area (Å²) in [6, 6.07) is 0. The number of hydrogen-bond donors (Lipinski definition) is 1. The van der Waals surface area contributed by atoms with E-state index in [0.717, 1.165) is 0 Å². The maximum atomic E-state index is 10.6. The number of aromatic carboxylic acids is 1. The van der Waals surface area contributed by atoms with E-state index in [1.54, 1.807) is 17.1 Å². The van der Waals surface area contributed by atoms with Gasteiger partial charge in [-0.15, -0.1) is 5.10 Å². The smallest absolute Gasteiger partial charge is 0.358 e. The monoisotopic (exact) mass is 265 g/mol. The van der Waals surface area contributed by atoms with Gasteiger partial charge in [-0.05, 0) is 13.8 Å². The molecule has 8 heteroatoms. The Hall–Kier alpha value is -2.38. The van der Waals surface area contributed by atoms with Crippen LogP contribution >= 0.6 is 0 Å². The minimum atomic E-state index is -1.09. The first-order valence-electron chi connectivity index (χ1n) is 5.87. The zero-order valence-electron chi connectivity index (χ0n) is 10.7. The van der Waals surface area contributed by atoms with Gasteiger partial charge in [0.2, 0.25) is 0 Å². The van der Waals surface area contributed by atoms with Crippen LogP contribution in [0.1, 0.15) is 24.3 Å². The maximum Gasteiger partial charge on any atom is 0.358 e. The molecule has 0 saturated heterocycles. The molecule has 0 aliphatic rings. The van der Waals surface area contributed by atoms with E-state index in [4.69, 9.17) is 9.84 Å². The fraction of sp³-hybridized carbons (Fsp3) is 0.455.